The average Bonchev–Trinajstić information content (AvgIpc) is 3.16. The maximum absolute atomic E-state index is 12.4. The van der Waals surface area contributed by atoms with Gasteiger partial charge in [0.15, 0.2) is 0 Å². The summed E-state index contributed by atoms with van der Waals surface area (Å²) in [4.78, 5) is 24.7. The fourth-order valence-electron chi connectivity index (χ4n) is 2.37. The lowest BCUT2D eigenvalue weighted by molar-refractivity contribution is -0.117. The molecule has 1 heterocycles. The van der Waals surface area contributed by atoms with Crippen molar-refractivity contribution in [3.8, 4) is 16.3 Å². The van der Waals surface area contributed by atoms with E-state index in [-0.39, 0.29) is 10.6 Å². The number of ether oxygens (including phenoxy) is 1. The number of aromatic nitrogens is 2. The summed E-state index contributed by atoms with van der Waals surface area (Å²) in [6.45, 7) is 1.56. The summed E-state index contributed by atoms with van der Waals surface area (Å²) >= 11 is 13.1. The first kappa shape index (κ1) is 21.0. The molecule has 1 aromatic heterocycles. The molecule has 0 aliphatic rings. The Morgan fingerprint density at radius 3 is 2.66 bits per heavy atom. The summed E-state index contributed by atoms with van der Waals surface area (Å²) < 4.78 is 5.20. The van der Waals surface area contributed by atoms with Gasteiger partial charge in [-0.05, 0) is 37.3 Å². The first-order valence-corrected chi connectivity index (χ1v) is 9.99. The summed E-state index contributed by atoms with van der Waals surface area (Å²) in [5, 5.41) is 14.9. The van der Waals surface area contributed by atoms with Crippen LogP contribution in [-0.4, -0.2) is 35.2 Å². The van der Waals surface area contributed by atoms with Gasteiger partial charge in [0.05, 0.1) is 17.7 Å². The van der Waals surface area contributed by atoms with Crippen LogP contribution in [-0.2, 0) is 4.79 Å². The number of nitrogens with zero attached hydrogens (tertiary/aromatic N) is 2. The molecular formula is C19H16Cl2N4O3S. The smallest absolute Gasteiger partial charge is 0.253 e. The topological polar surface area (TPSA) is 93.2 Å². The Morgan fingerprint density at radius 2 is 1.93 bits per heavy atom. The molecule has 150 valence electrons. The molecule has 1 atom stereocenters. The van der Waals surface area contributed by atoms with Crippen molar-refractivity contribution >= 4 is 51.5 Å². The van der Waals surface area contributed by atoms with Gasteiger partial charge in [-0.1, -0.05) is 46.7 Å². The van der Waals surface area contributed by atoms with E-state index in [2.05, 4.69) is 20.8 Å². The Balaban J connectivity index is 1.64. The van der Waals surface area contributed by atoms with Crippen molar-refractivity contribution in [3.63, 3.8) is 0 Å². The number of benzene rings is 2. The minimum atomic E-state index is -0.821. The van der Waals surface area contributed by atoms with E-state index in [1.165, 1.54) is 23.5 Å². The molecule has 2 aromatic carbocycles. The van der Waals surface area contributed by atoms with E-state index < -0.39 is 17.9 Å². The molecule has 0 aliphatic heterocycles. The van der Waals surface area contributed by atoms with Gasteiger partial charge in [-0.2, -0.15) is 0 Å². The summed E-state index contributed by atoms with van der Waals surface area (Å²) in [5.74, 6) is -0.221. The predicted molar refractivity (Wildman–Crippen MR) is 114 cm³/mol. The van der Waals surface area contributed by atoms with Gasteiger partial charge in [0, 0.05) is 10.6 Å². The Labute approximate surface area is 181 Å². The lowest BCUT2D eigenvalue weighted by atomic mass is 10.2. The molecule has 2 N–H and O–H groups in total. The van der Waals surface area contributed by atoms with Crippen LogP contribution in [0.4, 0.5) is 5.13 Å². The zero-order valence-electron chi connectivity index (χ0n) is 15.4. The number of nitrogens with one attached hydrogen (secondary N) is 2. The number of hydrogen-bond donors (Lipinski definition) is 2. The predicted octanol–water partition coefficient (Wildman–Crippen LogP) is 4.28. The van der Waals surface area contributed by atoms with E-state index in [0.717, 1.165) is 5.56 Å². The van der Waals surface area contributed by atoms with Crippen molar-refractivity contribution in [2.24, 2.45) is 0 Å². The maximum atomic E-state index is 12.4. The molecular weight excluding hydrogens is 435 g/mol. The van der Waals surface area contributed by atoms with Gasteiger partial charge in [-0.15, -0.1) is 10.2 Å². The van der Waals surface area contributed by atoms with E-state index in [4.69, 9.17) is 27.9 Å². The lowest BCUT2D eigenvalue weighted by Gasteiger charge is -2.13. The molecule has 0 saturated carbocycles. The first-order chi connectivity index (χ1) is 13.9. The van der Waals surface area contributed by atoms with Crippen LogP contribution in [0.25, 0.3) is 10.6 Å². The fraction of sp³-hybridized carbons (Fsp3) is 0.158. The molecule has 0 aliphatic carbocycles. The molecule has 0 spiro atoms. The largest absolute Gasteiger partial charge is 0.497 e. The number of methoxy groups -OCH3 is 1. The number of carbonyl (C=O) groups is 2. The van der Waals surface area contributed by atoms with Crippen LogP contribution in [0, 0.1) is 0 Å². The SMILES string of the molecule is COc1cccc(-c2nnc(NC(=O)C(C)NC(=O)c3ccc(Cl)cc3Cl)s2)c1. The molecule has 3 rings (SSSR count). The molecule has 7 nitrogen and oxygen atoms in total. The molecule has 2 amide bonds. The Hall–Kier alpha value is -2.68. The summed E-state index contributed by atoms with van der Waals surface area (Å²) in [7, 11) is 1.58. The van der Waals surface area contributed by atoms with Crippen molar-refractivity contribution in [3.05, 3.63) is 58.1 Å². The quantitative estimate of drug-likeness (QED) is 0.584. The van der Waals surface area contributed by atoms with Crippen LogP contribution in [0.2, 0.25) is 10.0 Å². The van der Waals surface area contributed by atoms with Gasteiger partial charge in [-0.25, -0.2) is 0 Å². The lowest BCUT2D eigenvalue weighted by Crippen LogP contribution is -2.41. The third-order valence-corrected chi connectivity index (χ3v) is 5.32. The van der Waals surface area contributed by atoms with Crippen molar-refractivity contribution in [2.45, 2.75) is 13.0 Å². The van der Waals surface area contributed by atoms with Gasteiger partial charge in [0.1, 0.15) is 16.8 Å². The number of carbonyl (C=O) groups excluding carboxylic acids is 2. The number of rotatable bonds is 6. The van der Waals surface area contributed by atoms with E-state index in [9.17, 15) is 9.59 Å². The van der Waals surface area contributed by atoms with Crippen LogP contribution in [0.5, 0.6) is 5.75 Å². The number of hydrogen-bond acceptors (Lipinski definition) is 6. The van der Waals surface area contributed by atoms with Crippen molar-refractivity contribution in [1.29, 1.82) is 0 Å². The molecule has 0 saturated heterocycles. The third kappa shape index (κ3) is 5.23. The van der Waals surface area contributed by atoms with Gasteiger partial charge < -0.3 is 10.1 Å². The van der Waals surface area contributed by atoms with E-state index in [0.29, 0.717) is 20.9 Å². The second-order valence-corrected chi connectivity index (χ2v) is 7.77. The minimum Gasteiger partial charge on any atom is -0.497 e. The number of halogens is 2. The Bertz CT molecular complexity index is 1060. The van der Waals surface area contributed by atoms with Gasteiger partial charge >= 0.3 is 0 Å². The zero-order valence-corrected chi connectivity index (χ0v) is 17.7. The van der Waals surface area contributed by atoms with Crippen molar-refractivity contribution < 1.29 is 14.3 Å². The van der Waals surface area contributed by atoms with Crippen LogP contribution in [0.3, 0.4) is 0 Å². The fourth-order valence-corrected chi connectivity index (χ4v) is 3.61. The maximum Gasteiger partial charge on any atom is 0.253 e. The second-order valence-electron chi connectivity index (χ2n) is 5.95. The average molecular weight is 451 g/mol. The number of anilines is 1. The summed E-state index contributed by atoms with van der Waals surface area (Å²) in [6.07, 6.45) is 0. The highest BCUT2D eigenvalue weighted by Crippen LogP contribution is 2.28. The van der Waals surface area contributed by atoms with Crippen LogP contribution < -0.4 is 15.4 Å². The standard InChI is InChI=1S/C19H16Cl2N4O3S/c1-10(22-17(27)14-7-6-12(20)9-15(14)21)16(26)23-19-25-24-18(29-19)11-4-3-5-13(8-11)28-2/h3-10H,1-2H3,(H,22,27)(H,23,25,26). The highest BCUT2D eigenvalue weighted by Gasteiger charge is 2.20. The molecule has 1 unspecified atom stereocenters. The monoisotopic (exact) mass is 450 g/mol. The number of amides is 2. The third-order valence-electron chi connectivity index (χ3n) is 3.89. The van der Waals surface area contributed by atoms with E-state index in [1.807, 2.05) is 24.3 Å². The summed E-state index contributed by atoms with van der Waals surface area (Å²) in [6, 6.07) is 11.0. The van der Waals surface area contributed by atoms with Gasteiger partial charge in [0.25, 0.3) is 5.91 Å². The van der Waals surface area contributed by atoms with Crippen LogP contribution in [0.15, 0.2) is 42.5 Å². The van der Waals surface area contributed by atoms with Crippen molar-refractivity contribution in [2.75, 3.05) is 12.4 Å². The molecule has 3 aromatic rings. The first-order valence-electron chi connectivity index (χ1n) is 8.42. The molecule has 10 heteroatoms. The van der Waals surface area contributed by atoms with Crippen LogP contribution >= 0.6 is 34.5 Å². The molecule has 0 bridgehead atoms. The normalized spacial score (nSPS) is 11.6. The second kappa shape index (κ2) is 9.21. The van der Waals surface area contributed by atoms with Crippen molar-refractivity contribution in [1.82, 2.24) is 15.5 Å². The minimum absolute atomic E-state index is 0.203. The Kier molecular flexibility index (Phi) is 6.68. The highest BCUT2D eigenvalue weighted by atomic mass is 35.5. The van der Waals surface area contributed by atoms with Crippen LogP contribution in [0.1, 0.15) is 17.3 Å². The highest BCUT2D eigenvalue weighted by molar-refractivity contribution is 7.18. The summed E-state index contributed by atoms with van der Waals surface area (Å²) in [5.41, 5.74) is 1.05. The van der Waals surface area contributed by atoms with E-state index in [1.54, 1.807) is 20.1 Å². The molecule has 0 fully saturated rings. The molecule has 29 heavy (non-hydrogen) atoms. The van der Waals surface area contributed by atoms with Gasteiger partial charge in [0.2, 0.25) is 11.0 Å². The zero-order chi connectivity index (χ0) is 21.0. The van der Waals surface area contributed by atoms with Gasteiger partial charge in [-0.3, -0.25) is 14.9 Å². The Morgan fingerprint density at radius 1 is 1.14 bits per heavy atom. The van der Waals surface area contributed by atoms with E-state index >= 15 is 0 Å². The molecule has 0 radical (unpaired) electrons.